The van der Waals surface area contributed by atoms with Crippen molar-refractivity contribution in [2.45, 2.75) is 127 Å². The van der Waals surface area contributed by atoms with Crippen molar-refractivity contribution in [3.05, 3.63) is 263 Å². The fourth-order valence-corrected chi connectivity index (χ4v) is 28.9. The van der Waals surface area contributed by atoms with Crippen LogP contribution in [0.2, 0.25) is 0 Å². The molecule has 1 saturated carbocycles. The first-order valence-corrected chi connectivity index (χ1v) is 34.1. The van der Waals surface area contributed by atoms with Crippen LogP contribution in [0.4, 0.5) is 0 Å². The van der Waals surface area contributed by atoms with Gasteiger partial charge in [0.05, 0.1) is 0 Å². The van der Waals surface area contributed by atoms with Crippen molar-refractivity contribution < 1.29 is 0 Å². The summed E-state index contributed by atoms with van der Waals surface area (Å²) >= 11 is 0. The van der Waals surface area contributed by atoms with E-state index in [1.807, 2.05) is 0 Å². The first-order chi connectivity index (χ1) is 37.4. The molecule has 6 heteroatoms. The smallest absolute Gasteiger partial charge is 0.0321 e. The standard InChI is InChI=1S/C70H78N2P4/c1-5-6-44-71(73(63-34-20-10-21-35-63)64-36-22-11-23-37-64)75-67(59-47-53(2)45-54(3)48-59)42-43-68(75)60-49-55(4)46-56(50-60)51-61-52-69(57-28-14-7-15-29-57)76(70(61)58-30-16-8-17-31-58)72(62-32-18-9-19-33-62)74(65-38-24-12-25-39-65)66-40-26-13-27-41-66/h7-8,10-17,20-31,34-41,45-50,61-62,67-70H,5-6,9,18-19,32-33,42-44,51-52H2,1-4H3/t61?,67-,68-,69+,70-,75?,76?/m0/s1. The van der Waals surface area contributed by atoms with Crippen LogP contribution in [-0.2, 0) is 6.42 Å². The first-order valence-electron chi connectivity index (χ1n) is 28.6. The van der Waals surface area contributed by atoms with Gasteiger partial charge in [0, 0.05) is 51.4 Å². The van der Waals surface area contributed by atoms with Crippen molar-refractivity contribution in [2.24, 2.45) is 5.92 Å². The predicted molar refractivity (Wildman–Crippen MR) is 334 cm³/mol. The molecule has 2 nitrogen and oxygen atoms in total. The molecule has 0 amide bonds. The maximum absolute atomic E-state index is 3.26. The Labute approximate surface area is 462 Å². The fourth-order valence-electron chi connectivity index (χ4n) is 13.4. The van der Waals surface area contributed by atoms with Crippen molar-refractivity contribution in [1.29, 1.82) is 0 Å². The molecule has 1 aliphatic carbocycles. The predicted octanol–water partition coefficient (Wildman–Crippen LogP) is 18.9. The maximum atomic E-state index is 3.26. The van der Waals surface area contributed by atoms with E-state index in [2.05, 4.69) is 255 Å². The summed E-state index contributed by atoms with van der Waals surface area (Å²) in [5.74, 6) is 0.487. The third-order valence-corrected chi connectivity index (χ3v) is 29.7. The van der Waals surface area contributed by atoms with Crippen LogP contribution in [0.15, 0.2) is 218 Å². The molecule has 2 heterocycles. The molecule has 0 aromatic heterocycles. The molecule has 2 aliphatic heterocycles. The largest absolute Gasteiger partial charge is 0.251 e. The van der Waals surface area contributed by atoms with Crippen LogP contribution in [-0.4, -0.2) is 21.5 Å². The van der Waals surface area contributed by atoms with Crippen LogP contribution in [0, 0.1) is 26.7 Å². The monoisotopic (exact) mass is 1070 g/mol. The summed E-state index contributed by atoms with van der Waals surface area (Å²) in [5.41, 5.74) is 13.8. The Morgan fingerprint density at radius 1 is 0.434 bits per heavy atom. The lowest BCUT2D eigenvalue weighted by atomic mass is 9.86. The van der Waals surface area contributed by atoms with E-state index in [9.17, 15) is 0 Å². The topological polar surface area (TPSA) is 6.48 Å². The maximum Gasteiger partial charge on any atom is 0.0321 e. The third-order valence-electron chi connectivity index (χ3n) is 16.5. The van der Waals surface area contributed by atoms with Gasteiger partial charge < -0.3 is 0 Å². The molecule has 11 rings (SSSR count). The van der Waals surface area contributed by atoms with Gasteiger partial charge in [-0.05, 0) is 137 Å². The number of benzene rings is 8. The average Bonchev–Trinajstić information content (AvgIpc) is 4.13. The zero-order valence-electron chi connectivity index (χ0n) is 45.4. The van der Waals surface area contributed by atoms with Gasteiger partial charge in [0.25, 0.3) is 0 Å². The van der Waals surface area contributed by atoms with Crippen molar-refractivity contribution in [3.63, 3.8) is 0 Å². The summed E-state index contributed by atoms with van der Waals surface area (Å²) in [4.78, 5) is 0. The fraction of sp³-hybridized carbons (Fsp3) is 0.314. The molecule has 3 unspecified atom stereocenters. The minimum absolute atomic E-state index is 0.423. The van der Waals surface area contributed by atoms with E-state index in [4.69, 9.17) is 0 Å². The number of rotatable bonds is 18. The molecule has 3 aliphatic rings. The zero-order chi connectivity index (χ0) is 51.8. The average molecular weight is 1070 g/mol. The molecule has 0 bridgehead atoms. The molecular weight excluding hydrogens is 993 g/mol. The van der Waals surface area contributed by atoms with Crippen LogP contribution in [0.25, 0.3) is 0 Å². The van der Waals surface area contributed by atoms with Gasteiger partial charge in [-0.25, -0.2) is 4.44 Å². The van der Waals surface area contributed by atoms with Crippen molar-refractivity contribution in [2.75, 3.05) is 6.54 Å². The Hall–Kier alpha value is -4.60. The van der Waals surface area contributed by atoms with E-state index in [1.165, 1.54) is 108 Å². The minimum atomic E-state index is -0.799. The lowest BCUT2D eigenvalue weighted by molar-refractivity contribution is 0.351. The normalized spacial score (nSPS) is 22.0. The van der Waals surface area contributed by atoms with Crippen LogP contribution in [0.1, 0.15) is 138 Å². The third kappa shape index (κ3) is 12.0. The van der Waals surface area contributed by atoms with Crippen LogP contribution in [0.3, 0.4) is 0 Å². The lowest BCUT2D eigenvalue weighted by Gasteiger charge is -2.48. The lowest BCUT2D eigenvalue weighted by Crippen LogP contribution is -2.36. The van der Waals surface area contributed by atoms with E-state index in [-0.39, 0.29) is 0 Å². The highest BCUT2D eigenvalue weighted by Crippen LogP contribution is 2.80. The van der Waals surface area contributed by atoms with Crippen molar-refractivity contribution in [3.8, 4) is 0 Å². The van der Waals surface area contributed by atoms with Gasteiger partial charge in [-0.1, -0.05) is 268 Å². The van der Waals surface area contributed by atoms with Crippen molar-refractivity contribution in [1.82, 2.24) is 8.88 Å². The second kappa shape index (κ2) is 25.5. The molecule has 0 N–H and O–H groups in total. The van der Waals surface area contributed by atoms with Gasteiger partial charge in [0.1, 0.15) is 0 Å². The number of nitrogens with zero attached hydrogens (tertiary/aromatic N) is 2. The molecule has 2 saturated heterocycles. The van der Waals surface area contributed by atoms with Gasteiger partial charge in [-0.15, -0.1) is 0 Å². The highest BCUT2D eigenvalue weighted by molar-refractivity contribution is 7.80. The number of aryl methyl sites for hydroxylation is 3. The Morgan fingerprint density at radius 3 is 1.38 bits per heavy atom. The van der Waals surface area contributed by atoms with E-state index in [0.29, 0.717) is 34.6 Å². The summed E-state index contributed by atoms with van der Waals surface area (Å²) in [6.07, 6.45) is 13.7. The zero-order valence-corrected chi connectivity index (χ0v) is 49.0. The Morgan fingerprint density at radius 2 is 0.882 bits per heavy atom. The first kappa shape index (κ1) is 53.4. The molecular formula is C70H78N2P4. The van der Waals surface area contributed by atoms with Gasteiger partial charge in [0.15, 0.2) is 0 Å². The SMILES string of the molecule is CCCCN(P(c1ccccc1)c1ccccc1)P1[C@H](c2cc(C)cc(C)c2)CC[C@H]1c1cc(C)cc(CC2C[C@H](c3ccccc3)P(N(C3CCCCC3)P(c3ccccc3)c3ccccc3)[C@H]2c2ccccc2)c1. The molecule has 388 valence electrons. The molecule has 3 fully saturated rings. The van der Waals surface area contributed by atoms with E-state index < -0.39 is 32.3 Å². The molecule has 8 aromatic rings. The van der Waals surface area contributed by atoms with Gasteiger partial charge in [0.2, 0.25) is 0 Å². The van der Waals surface area contributed by atoms with Crippen LogP contribution >= 0.6 is 32.3 Å². The summed E-state index contributed by atoms with van der Waals surface area (Å²) in [6.45, 7) is 10.5. The van der Waals surface area contributed by atoms with Crippen LogP contribution in [0.5, 0.6) is 0 Å². The number of unbranched alkanes of at least 4 members (excludes halogenated alkanes) is 1. The van der Waals surface area contributed by atoms with Gasteiger partial charge in [-0.3, -0.25) is 4.44 Å². The number of hydrogen-bond donors (Lipinski definition) is 0. The second-order valence-corrected chi connectivity index (χ2v) is 31.8. The summed E-state index contributed by atoms with van der Waals surface area (Å²) < 4.78 is 6.38. The summed E-state index contributed by atoms with van der Waals surface area (Å²) in [6, 6.07) is 86.4. The number of hydrogen-bond acceptors (Lipinski definition) is 2. The molecule has 0 spiro atoms. The second-order valence-electron chi connectivity index (χ2n) is 22.1. The van der Waals surface area contributed by atoms with E-state index >= 15 is 0 Å². The Kier molecular flexibility index (Phi) is 17.9. The quantitative estimate of drug-likeness (QED) is 0.0790. The van der Waals surface area contributed by atoms with Crippen molar-refractivity contribution >= 4 is 53.5 Å². The Balaban J connectivity index is 1.04. The van der Waals surface area contributed by atoms with Crippen LogP contribution < -0.4 is 21.2 Å². The van der Waals surface area contributed by atoms with Gasteiger partial charge in [-0.2, -0.15) is 0 Å². The molecule has 0 radical (unpaired) electrons. The summed E-state index contributed by atoms with van der Waals surface area (Å²) in [5, 5.41) is 5.93. The van der Waals surface area contributed by atoms with E-state index in [1.54, 1.807) is 22.3 Å². The highest BCUT2D eigenvalue weighted by Gasteiger charge is 2.51. The van der Waals surface area contributed by atoms with Gasteiger partial charge >= 0.3 is 0 Å². The molecule has 76 heavy (non-hydrogen) atoms. The van der Waals surface area contributed by atoms with E-state index in [0.717, 1.165) is 13.0 Å². The Bertz CT molecular complexity index is 2960. The molecule has 8 aromatic carbocycles. The molecule has 7 atom stereocenters. The highest BCUT2D eigenvalue weighted by atomic mass is 31.2. The summed E-state index contributed by atoms with van der Waals surface area (Å²) in [7, 11) is -2.92. The minimum Gasteiger partial charge on any atom is -0.251 e.